The number of aryl methyl sites for hydroxylation is 2. The number of benzene rings is 1. The van der Waals surface area contributed by atoms with Gasteiger partial charge in [0.1, 0.15) is 0 Å². The summed E-state index contributed by atoms with van der Waals surface area (Å²) in [7, 11) is 8.53. The average molecular weight is 277 g/mol. The van der Waals surface area contributed by atoms with Crippen LogP contribution in [-0.4, -0.2) is 57.6 Å². The highest BCUT2D eigenvalue weighted by Gasteiger charge is 2.14. The molecule has 0 amide bonds. The van der Waals surface area contributed by atoms with E-state index in [4.69, 9.17) is 0 Å². The van der Waals surface area contributed by atoms with E-state index in [2.05, 4.69) is 75.4 Å². The van der Waals surface area contributed by atoms with Gasteiger partial charge in [-0.05, 0) is 72.7 Å². The van der Waals surface area contributed by atoms with Crippen LogP contribution >= 0.6 is 0 Å². The van der Waals surface area contributed by atoms with E-state index in [1.807, 2.05) is 0 Å². The first-order valence-electron chi connectivity index (χ1n) is 7.51. The van der Waals surface area contributed by atoms with Gasteiger partial charge in [-0.15, -0.1) is 0 Å². The molecule has 3 nitrogen and oxygen atoms in total. The molecule has 0 radical (unpaired) electrons. The monoisotopic (exact) mass is 277 g/mol. The molecular weight excluding hydrogens is 246 g/mol. The maximum absolute atomic E-state index is 3.46. The van der Waals surface area contributed by atoms with Gasteiger partial charge < -0.3 is 15.1 Å². The summed E-state index contributed by atoms with van der Waals surface area (Å²) in [5.74, 6) is 0. The van der Waals surface area contributed by atoms with Gasteiger partial charge in [-0.25, -0.2) is 0 Å². The predicted molar refractivity (Wildman–Crippen MR) is 88.4 cm³/mol. The van der Waals surface area contributed by atoms with Gasteiger partial charge in [0.25, 0.3) is 0 Å². The van der Waals surface area contributed by atoms with Crippen LogP contribution in [0.4, 0.5) is 0 Å². The van der Waals surface area contributed by atoms with Gasteiger partial charge in [0.05, 0.1) is 0 Å². The lowest BCUT2D eigenvalue weighted by Gasteiger charge is -2.26. The van der Waals surface area contributed by atoms with E-state index in [-0.39, 0.29) is 0 Å². The fourth-order valence-corrected chi connectivity index (χ4v) is 2.54. The number of nitrogens with one attached hydrogen (secondary N) is 1. The van der Waals surface area contributed by atoms with Gasteiger partial charge >= 0.3 is 0 Å². The first-order chi connectivity index (χ1) is 9.43. The predicted octanol–water partition coefficient (Wildman–Crippen LogP) is 2.45. The Morgan fingerprint density at radius 2 is 1.80 bits per heavy atom. The summed E-state index contributed by atoms with van der Waals surface area (Å²) in [5.41, 5.74) is 4.13. The summed E-state index contributed by atoms with van der Waals surface area (Å²) in [4.78, 5) is 4.67. The average Bonchev–Trinajstić information content (AvgIpc) is 2.38. The second kappa shape index (κ2) is 8.40. The molecule has 0 aromatic heterocycles. The van der Waals surface area contributed by atoms with Gasteiger partial charge in [-0.2, -0.15) is 0 Å². The van der Waals surface area contributed by atoms with Crippen molar-refractivity contribution in [3.05, 3.63) is 34.9 Å². The molecule has 0 aliphatic rings. The number of nitrogens with zero attached hydrogens (tertiary/aromatic N) is 2. The van der Waals surface area contributed by atoms with Gasteiger partial charge in [0.15, 0.2) is 0 Å². The minimum atomic E-state index is 0.402. The lowest BCUT2D eigenvalue weighted by molar-refractivity contribution is 0.275. The molecule has 114 valence electrons. The van der Waals surface area contributed by atoms with Crippen LogP contribution in [0, 0.1) is 13.8 Å². The van der Waals surface area contributed by atoms with Crippen molar-refractivity contribution in [2.24, 2.45) is 0 Å². The Morgan fingerprint density at radius 1 is 1.10 bits per heavy atom. The molecule has 0 aliphatic heterocycles. The maximum Gasteiger partial charge on any atom is 0.0449 e. The van der Waals surface area contributed by atoms with Crippen LogP contribution in [0.25, 0.3) is 0 Å². The topological polar surface area (TPSA) is 18.5 Å². The van der Waals surface area contributed by atoms with Crippen LogP contribution in [-0.2, 0) is 0 Å². The molecule has 0 saturated carbocycles. The second-order valence-corrected chi connectivity index (χ2v) is 6.12. The van der Waals surface area contributed by atoms with Gasteiger partial charge in [0.2, 0.25) is 0 Å². The molecule has 0 bridgehead atoms. The second-order valence-electron chi connectivity index (χ2n) is 6.12. The first kappa shape index (κ1) is 17.2. The van der Waals surface area contributed by atoms with E-state index in [9.17, 15) is 0 Å². The highest BCUT2D eigenvalue weighted by Crippen LogP contribution is 2.19. The van der Waals surface area contributed by atoms with E-state index in [1.165, 1.54) is 23.1 Å². The van der Waals surface area contributed by atoms with Crippen molar-refractivity contribution in [2.75, 3.05) is 47.8 Å². The molecular formula is C17H31N3. The standard InChI is InChI=1S/C17H31N3/c1-14-8-9-15(2)16(12-14)17(18-3)13-20(6)11-7-10-19(4)5/h8-9,12,17-18H,7,10-11,13H2,1-6H3. The van der Waals surface area contributed by atoms with E-state index < -0.39 is 0 Å². The van der Waals surface area contributed by atoms with Crippen molar-refractivity contribution in [3.8, 4) is 0 Å². The van der Waals surface area contributed by atoms with Crippen molar-refractivity contribution in [3.63, 3.8) is 0 Å². The minimum Gasteiger partial charge on any atom is -0.312 e. The van der Waals surface area contributed by atoms with Crippen molar-refractivity contribution in [1.29, 1.82) is 0 Å². The van der Waals surface area contributed by atoms with Crippen LogP contribution in [0.3, 0.4) is 0 Å². The summed E-state index contributed by atoms with van der Waals surface area (Å²) >= 11 is 0. The zero-order valence-electron chi connectivity index (χ0n) is 14.0. The first-order valence-corrected chi connectivity index (χ1v) is 7.51. The third-order valence-electron chi connectivity index (χ3n) is 3.80. The Balaban J connectivity index is 2.60. The third-order valence-corrected chi connectivity index (χ3v) is 3.80. The fraction of sp³-hybridized carbons (Fsp3) is 0.647. The molecule has 0 heterocycles. The summed E-state index contributed by atoms with van der Waals surface area (Å²) < 4.78 is 0. The Bertz CT molecular complexity index is 401. The summed E-state index contributed by atoms with van der Waals surface area (Å²) in [6, 6.07) is 7.12. The Hall–Kier alpha value is -0.900. The molecule has 0 spiro atoms. The van der Waals surface area contributed by atoms with Crippen molar-refractivity contribution >= 4 is 0 Å². The molecule has 1 atom stereocenters. The molecule has 0 aliphatic carbocycles. The Labute approximate surface area is 125 Å². The number of hydrogen-bond acceptors (Lipinski definition) is 3. The highest BCUT2D eigenvalue weighted by molar-refractivity contribution is 5.33. The third kappa shape index (κ3) is 5.61. The minimum absolute atomic E-state index is 0.402. The number of rotatable bonds is 8. The molecule has 1 aromatic rings. The van der Waals surface area contributed by atoms with Crippen LogP contribution < -0.4 is 5.32 Å². The van der Waals surface area contributed by atoms with Crippen molar-refractivity contribution in [1.82, 2.24) is 15.1 Å². The zero-order valence-corrected chi connectivity index (χ0v) is 14.0. The lowest BCUT2D eigenvalue weighted by atomic mass is 9.98. The molecule has 0 fully saturated rings. The van der Waals surface area contributed by atoms with Gasteiger partial charge in [-0.3, -0.25) is 0 Å². The maximum atomic E-state index is 3.46. The highest BCUT2D eigenvalue weighted by atomic mass is 15.1. The molecule has 20 heavy (non-hydrogen) atoms. The molecule has 3 heteroatoms. The quantitative estimate of drug-likeness (QED) is 0.787. The zero-order chi connectivity index (χ0) is 15.1. The van der Waals surface area contributed by atoms with Crippen LogP contribution in [0.2, 0.25) is 0 Å². The Kier molecular flexibility index (Phi) is 7.20. The van der Waals surface area contributed by atoms with E-state index in [0.29, 0.717) is 6.04 Å². The smallest absolute Gasteiger partial charge is 0.0449 e. The molecule has 0 saturated heterocycles. The molecule has 1 aromatic carbocycles. The van der Waals surface area contributed by atoms with Crippen LogP contribution in [0.5, 0.6) is 0 Å². The number of likely N-dealkylation sites (N-methyl/N-ethyl adjacent to an activating group) is 2. The van der Waals surface area contributed by atoms with Crippen LogP contribution in [0.1, 0.15) is 29.2 Å². The van der Waals surface area contributed by atoms with E-state index in [1.54, 1.807) is 0 Å². The van der Waals surface area contributed by atoms with Crippen molar-refractivity contribution < 1.29 is 0 Å². The molecule has 1 N–H and O–H groups in total. The van der Waals surface area contributed by atoms with Gasteiger partial charge in [0, 0.05) is 12.6 Å². The Morgan fingerprint density at radius 3 is 2.40 bits per heavy atom. The normalized spacial score (nSPS) is 13.2. The largest absolute Gasteiger partial charge is 0.312 e. The lowest BCUT2D eigenvalue weighted by Crippen LogP contribution is -2.33. The number of hydrogen-bond donors (Lipinski definition) is 1. The van der Waals surface area contributed by atoms with Gasteiger partial charge in [-0.1, -0.05) is 23.8 Å². The summed E-state index contributed by atoms with van der Waals surface area (Å²) in [6.07, 6.45) is 1.22. The summed E-state index contributed by atoms with van der Waals surface area (Å²) in [5, 5.41) is 3.46. The van der Waals surface area contributed by atoms with E-state index >= 15 is 0 Å². The van der Waals surface area contributed by atoms with Crippen LogP contribution in [0.15, 0.2) is 18.2 Å². The molecule has 1 rings (SSSR count). The molecule has 1 unspecified atom stereocenters. The van der Waals surface area contributed by atoms with E-state index in [0.717, 1.165) is 19.6 Å². The van der Waals surface area contributed by atoms with Crippen molar-refractivity contribution in [2.45, 2.75) is 26.3 Å². The summed E-state index contributed by atoms with van der Waals surface area (Å²) in [6.45, 7) is 7.70. The fourth-order valence-electron chi connectivity index (χ4n) is 2.54. The SMILES string of the molecule is CNC(CN(C)CCCN(C)C)c1cc(C)ccc1C.